The number of methoxy groups -OCH3 is 1. The molecule has 2 aromatic heterocycles. The van der Waals surface area contributed by atoms with E-state index in [-0.39, 0.29) is 11.7 Å². The van der Waals surface area contributed by atoms with Crippen LogP contribution in [0, 0.1) is 5.92 Å². The van der Waals surface area contributed by atoms with Gasteiger partial charge < -0.3 is 4.74 Å². The SMILES string of the molecule is COc1ccc(CN2CCCC(C(=O)c3ccccn3)C2)cn1. The summed E-state index contributed by atoms with van der Waals surface area (Å²) in [5, 5.41) is 0. The number of Topliss-reactive ketones (excluding diaryl/α,β-unsaturated/α-hetero) is 1. The average Bonchev–Trinajstić information content (AvgIpc) is 2.63. The zero-order valence-electron chi connectivity index (χ0n) is 13.3. The number of carbonyl (C=O) groups is 1. The molecule has 0 amide bonds. The van der Waals surface area contributed by atoms with Gasteiger partial charge in [-0.1, -0.05) is 12.1 Å². The first-order valence-electron chi connectivity index (χ1n) is 7.93. The summed E-state index contributed by atoms with van der Waals surface area (Å²) in [5.74, 6) is 0.809. The predicted octanol–water partition coefficient (Wildman–Crippen LogP) is 2.58. The van der Waals surface area contributed by atoms with Gasteiger partial charge in [0.05, 0.1) is 7.11 Å². The Hall–Kier alpha value is -2.27. The van der Waals surface area contributed by atoms with Gasteiger partial charge in [-0.3, -0.25) is 14.7 Å². The molecule has 23 heavy (non-hydrogen) atoms. The van der Waals surface area contributed by atoms with Gasteiger partial charge in [0.25, 0.3) is 0 Å². The Morgan fingerprint density at radius 2 is 2.22 bits per heavy atom. The van der Waals surface area contributed by atoms with Crippen LogP contribution in [-0.2, 0) is 6.54 Å². The Labute approximate surface area is 136 Å². The molecule has 0 saturated carbocycles. The van der Waals surface area contributed by atoms with Crippen molar-refractivity contribution in [3.05, 3.63) is 54.0 Å². The quantitative estimate of drug-likeness (QED) is 0.794. The third-order valence-corrected chi connectivity index (χ3v) is 4.21. The van der Waals surface area contributed by atoms with Crippen LogP contribution < -0.4 is 4.74 Å². The molecule has 3 rings (SSSR count). The normalized spacial score (nSPS) is 18.6. The second kappa shape index (κ2) is 7.33. The highest BCUT2D eigenvalue weighted by molar-refractivity contribution is 5.96. The van der Waals surface area contributed by atoms with Crippen molar-refractivity contribution in [2.75, 3.05) is 20.2 Å². The van der Waals surface area contributed by atoms with Crippen molar-refractivity contribution in [3.8, 4) is 5.88 Å². The number of carbonyl (C=O) groups excluding carboxylic acids is 1. The molecule has 0 radical (unpaired) electrons. The van der Waals surface area contributed by atoms with Gasteiger partial charge in [-0.15, -0.1) is 0 Å². The molecule has 1 saturated heterocycles. The van der Waals surface area contributed by atoms with Gasteiger partial charge in [-0.05, 0) is 37.1 Å². The van der Waals surface area contributed by atoms with Crippen LogP contribution in [0.1, 0.15) is 28.9 Å². The highest BCUT2D eigenvalue weighted by Gasteiger charge is 2.27. The van der Waals surface area contributed by atoms with Gasteiger partial charge >= 0.3 is 0 Å². The van der Waals surface area contributed by atoms with E-state index in [1.165, 1.54) is 0 Å². The van der Waals surface area contributed by atoms with Crippen LogP contribution in [0.4, 0.5) is 0 Å². The standard InChI is InChI=1S/C18H21N3O2/c1-23-17-8-7-14(11-20-17)12-21-10-4-5-15(13-21)18(22)16-6-2-3-9-19-16/h2-3,6-9,11,15H,4-5,10,12-13H2,1H3. The lowest BCUT2D eigenvalue weighted by Crippen LogP contribution is -2.38. The van der Waals surface area contributed by atoms with Crippen LogP contribution in [0.3, 0.4) is 0 Å². The van der Waals surface area contributed by atoms with Crippen LogP contribution in [0.25, 0.3) is 0 Å². The molecular weight excluding hydrogens is 290 g/mol. The van der Waals surface area contributed by atoms with E-state index >= 15 is 0 Å². The minimum Gasteiger partial charge on any atom is -0.481 e. The summed E-state index contributed by atoms with van der Waals surface area (Å²) < 4.78 is 5.08. The number of nitrogens with zero attached hydrogens (tertiary/aromatic N) is 3. The van der Waals surface area contributed by atoms with Gasteiger partial charge in [0.2, 0.25) is 5.88 Å². The smallest absolute Gasteiger partial charge is 0.212 e. The fraction of sp³-hybridized carbons (Fsp3) is 0.389. The van der Waals surface area contributed by atoms with Crippen molar-refractivity contribution in [3.63, 3.8) is 0 Å². The number of ketones is 1. The van der Waals surface area contributed by atoms with Crippen LogP contribution >= 0.6 is 0 Å². The van der Waals surface area contributed by atoms with E-state index < -0.39 is 0 Å². The number of hydrogen-bond donors (Lipinski definition) is 0. The van der Waals surface area contributed by atoms with Crippen molar-refractivity contribution in [2.45, 2.75) is 19.4 Å². The number of aromatic nitrogens is 2. The number of piperidine rings is 1. The monoisotopic (exact) mass is 311 g/mol. The molecule has 120 valence electrons. The average molecular weight is 311 g/mol. The minimum atomic E-state index is 0.0323. The molecular formula is C18H21N3O2. The summed E-state index contributed by atoms with van der Waals surface area (Å²) in [7, 11) is 1.61. The maximum atomic E-state index is 12.6. The fourth-order valence-corrected chi connectivity index (χ4v) is 3.01. The highest BCUT2D eigenvalue weighted by atomic mass is 16.5. The van der Waals surface area contributed by atoms with Crippen molar-refractivity contribution in [1.29, 1.82) is 0 Å². The largest absolute Gasteiger partial charge is 0.481 e. The van der Waals surface area contributed by atoms with Crippen LogP contribution in [0.5, 0.6) is 5.88 Å². The minimum absolute atomic E-state index is 0.0323. The molecule has 1 aliphatic rings. The van der Waals surface area contributed by atoms with E-state index in [0.717, 1.165) is 38.0 Å². The van der Waals surface area contributed by atoms with Crippen molar-refractivity contribution < 1.29 is 9.53 Å². The summed E-state index contributed by atoms with van der Waals surface area (Å²) in [5.41, 5.74) is 1.71. The lowest BCUT2D eigenvalue weighted by molar-refractivity contribution is 0.0806. The van der Waals surface area contributed by atoms with Crippen LogP contribution in [0.15, 0.2) is 42.7 Å². The molecule has 5 nitrogen and oxygen atoms in total. The van der Waals surface area contributed by atoms with Crippen molar-refractivity contribution in [2.24, 2.45) is 5.92 Å². The summed E-state index contributed by atoms with van der Waals surface area (Å²) in [4.78, 5) is 23.3. The summed E-state index contributed by atoms with van der Waals surface area (Å²) in [6.07, 6.45) is 5.49. The molecule has 0 aromatic carbocycles. The number of hydrogen-bond acceptors (Lipinski definition) is 5. The summed E-state index contributed by atoms with van der Waals surface area (Å²) >= 11 is 0. The van der Waals surface area contributed by atoms with E-state index in [9.17, 15) is 4.79 Å². The Bertz CT molecular complexity index is 643. The first-order chi connectivity index (χ1) is 11.3. The third-order valence-electron chi connectivity index (χ3n) is 4.21. The van der Waals surface area contributed by atoms with Gasteiger partial charge in [-0.25, -0.2) is 4.98 Å². The fourth-order valence-electron chi connectivity index (χ4n) is 3.01. The number of pyridine rings is 2. The second-order valence-corrected chi connectivity index (χ2v) is 5.86. The zero-order chi connectivity index (χ0) is 16.1. The Balaban J connectivity index is 1.62. The molecule has 1 atom stereocenters. The van der Waals surface area contributed by atoms with Gasteiger partial charge in [0.15, 0.2) is 5.78 Å². The third kappa shape index (κ3) is 3.93. The van der Waals surface area contributed by atoms with E-state index in [2.05, 4.69) is 14.9 Å². The van der Waals surface area contributed by atoms with Crippen molar-refractivity contribution in [1.82, 2.24) is 14.9 Å². The molecule has 1 unspecified atom stereocenters. The molecule has 3 heterocycles. The Morgan fingerprint density at radius 3 is 2.91 bits per heavy atom. The van der Waals surface area contributed by atoms with Crippen molar-refractivity contribution >= 4 is 5.78 Å². The summed E-state index contributed by atoms with van der Waals surface area (Å²) in [6.45, 7) is 2.60. The van der Waals surface area contributed by atoms with E-state index in [4.69, 9.17) is 4.74 Å². The first kappa shape index (κ1) is 15.6. The summed E-state index contributed by atoms with van der Waals surface area (Å²) in [6, 6.07) is 9.39. The zero-order valence-corrected chi connectivity index (χ0v) is 13.3. The maximum absolute atomic E-state index is 12.6. The van der Waals surface area contributed by atoms with E-state index in [1.54, 1.807) is 19.4 Å². The highest BCUT2D eigenvalue weighted by Crippen LogP contribution is 2.22. The van der Waals surface area contributed by atoms with Crippen LogP contribution in [-0.4, -0.2) is 40.9 Å². The lowest BCUT2D eigenvalue weighted by Gasteiger charge is -2.31. The molecule has 1 fully saturated rings. The van der Waals surface area contributed by atoms with E-state index in [0.29, 0.717) is 11.6 Å². The molecule has 0 aliphatic carbocycles. The predicted molar refractivity (Wildman–Crippen MR) is 87.4 cm³/mol. The molecule has 0 bridgehead atoms. The molecule has 0 N–H and O–H groups in total. The lowest BCUT2D eigenvalue weighted by atomic mass is 9.91. The number of likely N-dealkylation sites (tertiary alicyclic amines) is 1. The molecule has 0 spiro atoms. The molecule has 5 heteroatoms. The van der Waals surface area contributed by atoms with Gasteiger partial charge in [0.1, 0.15) is 5.69 Å². The number of rotatable bonds is 5. The Kier molecular flexibility index (Phi) is 4.98. The Morgan fingerprint density at radius 1 is 1.30 bits per heavy atom. The second-order valence-electron chi connectivity index (χ2n) is 5.86. The topological polar surface area (TPSA) is 55.3 Å². The molecule has 1 aliphatic heterocycles. The van der Waals surface area contributed by atoms with E-state index in [1.807, 2.05) is 30.5 Å². The van der Waals surface area contributed by atoms with Gasteiger partial charge in [-0.2, -0.15) is 0 Å². The van der Waals surface area contributed by atoms with Crippen LogP contribution in [0.2, 0.25) is 0 Å². The van der Waals surface area contributed by atoms with Gasteiger partial charge in [0, 0.05) is 37.5 Å². The maximum Gasteiger partial charge on any atom is 0.212 e. The number of ether oxygens (including phenoxy) is 1. The molecule has 2 aromatic rings. The first-order valence-corrected chi connectivity index (χ1v) is 7.93.